The van der Waals surface area contributed by atoms with Gasteiger partial charge in [0.2, 0.25) is 0 Å². The fourth-order valence-corrected chi connectivity index (χ4v) is 1.81. The van der Waals surface area contributed by atoms with E-state index in [1.54, 1.807) is 30.6 Å². The summed E-state index contributed by atoms with van der Waals surface area (Å²) in [5.74, 6) is -0.112. The number of nitrogens with one attached hydrogen (secondary N) is 1. The predicted molar refractivity (Wildman–Crippen MR) is 75.7 cm³/mol. The maximum Gasteiger partial charge on any atom is 0.251 e. The SMILES string of the molecule is Cc1cc(C(=O)N[C@@H](C)c2cccnc2)ccc1N. The number of aromatic nitrogens is 1. The van der Waals surface area contributed by atoms with E-state index in [0.717, 1.165) is 11.1 Å². The third kappa shape index (κ3) is 3.10. The van der Waals surface area contributed by atoms with Gasteiger partial charge in [0, 0.05) is 23.6 Å². The summed E-state index contributed by atoms with van der Waals surface area (Å²) in [5, 5.41) is 2.94. The second kappa shape index (κ2) is 5.52. The molecule has 0 unspecified atom stereocenters. The van der Waals surface area contributed by atoms with Crippen LogP contribution < -0.4 is 11.1 Å². The Hall–Kier alpha value is -2.36. The Balaban J connectivity index is 2.11. The van der Waals surface area contributed by atoms with Gasteiger partial charge in [0.1, 0.15) is 0 Å². The Kier molecular flexibility index (Phi) is 3.80. The number of pyridine rings is 1. The lowest BCUT2D eigenvalue weighted by Crippen LogP contribution is -2.26. The van der Waals surface area contributed by atoms with E-state index in [4.69, 9.17) is 5.73 Å². The third-order valence-electron chi connectivity index (χ3n) is 3.06. The quantitative estimate of drug-likeness (QED) is 0.828. The molecule has 19 heavy (non-hydrogen) atoms. The van der Waals surface area contributed by atoms with Crippen LogP contribution >= 0.6 is 0 Å². The van der Waals surface area contributed by atoms with Gasteiger partial charge in [0.25, 0.3) is 5.91 Å². The summed E-state index contributed by atoms with van der Waals surface area (Å²) >= 11 is 0. The van der Waals surface area contributed by atoms with E-state index in [-0.39, 0.29) is 11.9 Å². The largest absolute Gasteiger partial charge is 0.399 e. The zero-order valence-electron chi connectivity index (χ0n) is 11.1. The lowest BCUT2D eigenvalue weighted by Gasteiger charge is -2.14. The number of nitrogens with zero attached hydrogens (tertiary/aromatic N) is 1. The van der Waals surface area contributed by atoms with Crippen LogP contribution in [0.15, 0.2) is 42.7 Å². The van der Waals surface area contributed by atoms with Crippen LogP contribution in [0.4, 0.5) is 5.69 Å². The molecule has 2 rings (SSSR count). The highest BCUT2D eigenvalue weighted by Crippen LogP contribution is 2.15. The number of nitrogens with two attached hydrogens (primary N) is 1. The average Bonchev–Trinajstić information content (AvgIpc) is 2.42. The zero-order valence-corrected chi connectivity index (χ0v) is 11.1. The summed E-state index contributed by atoms with van der Waals surface area (Å²) in [5.41, 5.74) is 8.93. The topological polar surface area (TPSA) is 68.0 Å². The van der Waals surface area contributed by atoms with Gasteiger partial charge in [-0.25, -0.2) is 0 Å². The first-order valence-corrected chi connectivity index (χ1v) is 6.15. The second-order valence-corrected chi connectivity index (χ2v) is 4.55. The molecule has 1 amide bonds. The molecule has 0 fully saturated rings. The van der Waals surface area contributed by atoms with E-state index < -0.39 is 0 Å². The Morgan fingerprint density at radius 1 is 1.37 bits per heavy atom. The third-order valence-corrected chi connectivity index (χ3v) is 3.06. The van der Waals surface area contributed by atoms with Crippen molar-refractivity contribution < 1.29 is 4.79 Å². The molecule has 1 aromatic carbocycles. The Morgan fingerprint density at radius 2 is 2.16 bits per heavy atom. The molecule has 4 heteroatoms. The summed E-state index contributed by atoms with van der Waals surface area (Å²) in [6.07, 6.45) is 3.46. The van der Waals surface area contributed by atoms with Crippen LogP contribution in [0, 0.1) is 6.92 Å². The first kappa shape index (κ1) is 13.1. The average molecular weight is 255 g/mol. The number of hydrogen-bond donors (Lipinski definition) is 2. The fourth-order valence-electron chi connectivity index (χ4n) is 1.81. The van der Waals surface area contributed by atoms with Crippen molar-refractivity contribution in [1.82, 2.24) is 10.3 Å². The van der Waals surface area contributed by atoms with Crippen LogP contribution in [-0.4, -0.2) is 10.9 Å². The normalized spacial score (nSPS) is 11.9. The number of carbonyl (C=O) groups excluding carboxylic acids is 1. The predicted octanol–water partition coefficient (Wildman–Crippen LogP) is 2.46. The molecular weight excluding hydrogens is 238 g/mol. The van der Waals surface area contributed by atoms with E-state index >= 15 is 0 Å². The molecule has 0 spiro atoms. The number of aryl methyl sites for hydroxylation is 1. The lowest BCUT2D eigenvalue weighted by atomic mass is 10.1. The molecular formula is C15H17N3O. The van der Waals surface area contributed by atoms with Crippen molar-refractivity contribution in [3.63, 3.8) is 0 Å². The standard InChI is InChI=1S/C15H17N3O/c1-10-8-12(5-6-14(10)16)15(19)18-11(2)13-4-3-7-17-9-13/h3-9,11H,16H2,1-2H3,(H,18,19)/t11-/m0/s1. The second-order valence-electron chi connectivity index (χ2n) is 4.55. The monoisotopic (exact) mass is 255 g/mol. The summed E-state index contributed by atoms with van der Waals surface area (Å²) in [6, 6.07) is 8.98. The highest BCUT2D eigenvalue weighted by molar-refractivity contribution is 5.95. The van der Waals surface area contributed by atoms with E-state index in [9.17, 15) is 4.79 Å². The van der Waals surface area contributed by atoms with Crippen LogP contribution in [0.5, 0.6) is 0 Å². The maximum atomic E-state index is 12.1. The lowest BCUT2D eigenvalue weighted by molar-refractivity contribution is 0.0940. The van der Waals surface area contributed by atoms with Crippen molar-refractivity contribution in [3.8, 4) is 0 Å². The van der Waals surface area contributed by atoms with Crippen LogP contribution in [0.25, 0.3) is 0 Å². The molecule has 0 bridgehead atoms. The molecule has 1 aromatic heterocycles. The zero-order chi connectivity index (χ0) is 13.8. The first-order chi connectivity index (χ1) is 9.08. The van der Waals surface area contributed by atoms with Gasteiger partial charge < -0.3 is 11.1 Å². The Labute approximate surface area is 112 Å². The Bertz CT molecular complexity index is 581. The molecule has 4 nitrogen and oxygen atoms in total. The molecule has 0 radical (unpaired) electrons. The highest BCUT2D eigenvalue weighted by Gasteiger charge is 2.11. The number of amides is 1. The van der Waals surface area contributed by atoms with Crippen molar-refractivity contribution in [1.29, 1.82) is 0 Å². The minimum Gasteiger partial charge on any atom is -0.399 e. The molecule has 3 N–H and O–H groups in total. The molecule has 0 aliphatic heterocycles. The van der Waals surface area contributed by atoms with E-state index in [0.29, 0.717) is 11.3 Å². The minimum absolute atomic E-state index is 0.0842. The van der Waals surface area contributed by atoms with Crippen molar-refractivity contribution in [2.24, 2.45) is 0 Å². The van der Waals surface area contributed by atoms with Crippen molar-refractivity contribution in [3.05, 3.63) is 59.4 Å². The molecule has 2 aromatic rings. The summed E-state index contributed by atoms with van der Waals surface area (Å²) in [7, 11) is 0. The van der Waals surface area contributed by atoms with Crippen molar-refractivity contribution in [2.75, 3.05) is 5.73 Å². The number of hydrogen-bond acceptors (Lipinski definition) is 3. The molecule has 98 valence electrons. The van der Waals surface area contributed by atoms with E-state index in [1.807, 2.05) is 26.0 Å². The smallest absolute Gasteiger partial charge is 0.251 e. The van der Waals surface area contributed by atoms with Crippen molar-refractivity contribution >= 4 is 11.6 Å². The van der Waals surface area contributed by atoms with Gasteiger partial charge in [-0.15, -0.1) is 0 Å². The number of nitrogen functional groups attached to an aromatic ring is 1. The molecule has 0 aliphatic rings. The van der Waals surface area contributed by atoms with Gasteiger partial charge in [0.15, 0.2) is 0 Å². The van der Waals surface area contributed by atoms with Crippen molar-refractivity contribution in [2.45, 2.75) is 19.9 Å². The molecule has 0 saturated carbocycles. The fraction of sp³-hybridized carbons (Fsp3) is 0.200. The van der Waals surface area contributed by atoms with Crippen LogP contribution in [0.1, 0.15) is 34.5 Å². The van der Waals surface area contributed by atoms with Crippen LogP contribution in [-0.2, 0) is 0 Å². The number of anilines is 1. The van der Waals surface area contributed by atoms with Gasteiger partial charge in [-0.3, -0.25) is 9.78 Å². The minimum atomic E-state index is -0.112. The van der Waals surface area contributed by atoms with Gasteiger partial charge in [-0.05, 0) is 49.2 Å². The number of carbonyl (C=O) groups is 1. The summed E-state index contributed by atoms with van der Waals surface area (Å²) < 4.78 is 0. The van der Waals surface area contributed by atoms with E-state index in [2.05, 4.69) is 10.3 Å². The van der Waals surface area contributed by atoms with Gasteiger partial charge in [-0.1, -0.05) is 6.07 Å². The highest BCUT2D eigenvalue weighted by atomic mass is 16.1. The Morgan fingerprint density at radius 3 is 2.79 bits per heavy atom. The number of rotatable bonds is 3. The maximum absolute atomic E-state index is 12.1. The molecule has 0 saturated heterocycles. The molecule has 1 heterocycles. The number of benzene rings is 1. The molecule has 0 aliphatic carbocycles. The first-order valence-electron chi connectivity index (χ1n) is 6.15. The summed E-state index contributed by atoms with van der Waals surface area (Å²) in [4.78, 5) is 16.2. The van der Waals surface area contributed by atoms with E-state index in [1.165, 1.54) is 0 Å². The molecule has 1 atom stereocenters. The van der Waals surface area contributed by atoms with Crippen LogP contribution in [0.3, 0.4) is 0 Å². The van der Waals surface area contributed by atoms with Gasteiger partial charge in [-0.2, -0.15) is 0 Å². The van der Waals surface area contributed by atoms with Gasteiger partial charge >= 0.3 is 0 Å². The summed E-state index contributed by atoms with van der Waals surface area (Å²) in [6.45, 7) is 3.82. The van der Waals surface area contributed by atoms with Crippen LogP contribution in [0.2, 0.25) is 0 Å². The van der Waals surface area contributed by atoms with Gasteiger partial charge in [0.05, 0.1) is 6.04 Å².